The molecule has 4 heteroatoms. The van der Waals surface area contributed by atoms with Crippen LogP contribution in [0, 0.1) is 6.92 Å². The first-order valence-corrected chi connectivity index (χ1v) is 4.41. The fraction of sp³-hybridized carbons (Fsp3) is 0.300. The number of aryl methyl sites for hydroxylation is 1. The number of nitrogens with zero attached hydrogens (tertiary/aromatic N) is 1. The highest BCUT2D eigenvalue weighted by Gasteiger charge is 2.07. The molecule has 0 fully saturated rings. The number of rotatable bonds is 2. The number of amides is 2. The molecule has 0 bridgehead atoms. The molecule has 0 spiro atoms. The van der Waals surface area contributed by atoms with Crippen LogP contribution in [0.2, 0.25) is 0 Å². The van der Waals surface area contributed by atoms with Gasteiger partial charge < -0.3 is 4.90 Å². The van der Waals surface area contributed by atoms with Crippen molar-refractivity contribution in [2.24, 2.45) is 5.84 Å². The van der Waals surface area contributed by atoms with Crippen LogP contribution < -0.4 is 11.3 Å². The molecule has 0 radical (unpaired) electrons. The molecule has 0 aliphatic carbocycles. The number of hydrazine groups is 1. The van der Waals surface area contributed by atoms with E-state index in [-0.39, 0.29) is 6.03 Å². The van der Waals surface area contributed by atoms with Gasteiger partial charge in [0.2, 0.25) is 0 Å². The van der Waals surface area contributed by atoms with E-state index < -0.39 is 0 Å². The van der Waals surface area contributed by atoms with Crippen LogP contribution in [0.15, 0.2) is 24.3 Å². The lowest BCUT2D eigenvalue weighted by atomic mass is 10.1. The maximum Gasteiger partial charge on any atom is 0.331 e. The van der Waals surface area contributed by atoms with Crippen molar-refractivity contribution in [1.82, 2.24) is 10.3 Å². The second-order valence-corrected chi connectivity index (χ2v) is 3.23. The van der Waals surface area contributed by atoms with Crippen molar-refractivity contribution < 1.29 is 4.79 Å². The summed E-state index contributed by atoms with van der Waals surface area (Å²) >= 11 is 0. The Morgan fingerprint density at radius 3 is 2.71 bits per heavy atom. The molecule has 1 rings (SSSR count). The van der Waals surface area contributed by atoms with Crippen molar-refractivity contribution in [3.8, 4) is 0 Å². The third-order valence-corrected chi connectivity index (χ3v) is 2.14. The lowest BCUT2D eigenvalue weighted by Crippen LogP contribution is -2.40. The Morgan fingerprint density at radius 2 is 2.14 bits per heavy atom. The van der Waals surface area contributed by atoms with Crippen LogP contribution in [0.25, 0.3) is 0 Å². The summed E-state index contributed by atoms with van der Waals surface area (Å²) in [4.78, 5) is 12.6. The molecule has 0 saturated carbocycles. The number of hydrogen-bond donors (Lipinski definition) is 2. The first kappa shape index (κ1) is 10.5. The first-order valence-electron chi connectivity index (χ1n) is 4.41. The highest BCUT2D eigenvalue weighted by atomic mass is 16.2. The minimum Gasteiger partial charge on any atom is -0.322 e. The van der Waals surface area contributed by atoms with Gasteiger partial charge in [0.25, 0.3) is 0 Å². The van der Waals surface area contributed by atoms with Gasteiger partial charge in [-0.25, -0.2) is 10.6 Å². The summed E-state index contributed by atoms with van der Waals surface area (Å²) in [7, 11) is 1.70. The molecule has 0 atom stereocenters. The van der Waals surface area contributed by atoms with Gasteiger partial charge in [-0.05, 0) is 18.1 Å². The molecule has 76 valence electrons. The molecule has 0 aromatic heterocycles. The van der Waals surface area contributed by atoms with Gasteiger partial charge in [-0.15, -0.1) is 0 Å². The molecule has 0 unspecified atom stereocenters. The third kappa shape index (κ3) is 2.47. The fourth-order valence-electron chi connectivity index (χ4n) is 1.23. The SMILES string of the molecule is Cc1ccccc1CN(C)C(=O)NN. The van der Waals surface area contributed by atoms with Gasteiger partial charge in [-0.3, -0.25) is 5.43 Å². The molecule has 4 nitrogen and oxygen atoms in total. The number of carbonyl (C=O) groups is 1. The Balaban J connectivity index is 2.69. The second kappa shape index (κ2) is 4.62. The van der Waals surface area contributed by atoms with Gasteiger partial charge >= 0.3 is 6.03 Å². The summed E-state index contributed by atoms with van der Waals surface area (Å²) in [6.45, 7) is 2.58. The summed E-state index contributed by atoms with van der Waals surface area (Å²) in [5, 5.41) is 0. The monoisotopic (exact) mass is 193 g/mol. The number of carbonyl (C=O) groups excluding carboxylic acids is 1. The Kier molecular flexibility index (Phi) is 3.48. The maximum absolute atomic E-state index is 11.1. The van der Waals surface area contributed by atoms with Crippen LogP contribution in [-0.2, 0) is 6.54 Å². The van der Waals surface area contributed by atoms with Gasteiger partial charge in [-0.2, -0.15) is 0 Å². The zero-order valence-corrected chi connectivity index (χ0v) is 8.45. The van der Waals surface area contributed by atoms with Crippen LogP contribution in [-0.4, -0.2) is 18.0 Å². The summed E-state index contributed by atoms with van der Waals surface area (Å²) in [5.74, 6) is 5.02. The predicted octanol–water partition coefficient (Wildman–Crippen LogP) is 1.01. The number of hydrogen-bond acceptors (Lipinski definition) is 2. The van der Waals surface area contributed by atoms with Crippen LogP contribution in [0.5, 0.6) is 0 Å². The van der Waals surface area contributed by atoms with Gasteiger partial charge in [0.1, 0.15) is 0 Å². The zero-order chi connectivity index (χ0) is 10.6. The highest BCUT2D eigenvalue weighted by molar-refractivity contribution is 5.73. The van der Waals surface area contributed by atoms with E-state index in [1.54, 1.807) is 7.05 Å². The van der Waals surface area contributed by atoms with E-state index in [0.29, 0.717) is 6.54 Å². The third-order valence-electron chi connectivity index (χ3n) is 2.14. The quantitative estimate of drug-likeness (QED) is 0.418. The Bertz CT molecular complexity index is 325. The molecule has 3 N–H and O–H groups in total. The number of nitrogens with one attached hydrogen (secondary N) is 1. The summed E-state index contributed by atoms with van der Waals surface area (Å²) < 4.78 is 0. The lowest BCUT2D eigenvalue weighted by molar-refractivity contribution is 0.207. The van der Waals surface area contributed by atoms with E-state index in [1.165, 1.54) is 10.5 Å². The minimum atomic E-state index is -0.284. The Labute approximate surface area is 83.7 Å². The Morgan fingerprint density at radius 1 is 1.50 bits per heavy atom. The van der Waals surface area contributed by atoms with Crippen molar-refractivity contribution in [2.75, 3.05) is 7.05 Å². The van der Waals surface area contributed by atoms with Crippen molar-refractivity contribution in [3.63, 3.8) is 0 Å². The van der Waals surface area contributed by atoms with Crippen LogP contribution in [0.4, 0.5) is 4.79 Å². The van der Waals surface area contributed by atoms with Crippen molar-refractivity contribution in [3.05, 3.63) is 35.4 Å². The lowest BCUT2D eigenvalue weighted by Gasteiger charge is -2.17. The molecule has 0 saturated heterocycles. The highest BCUT2D eigenvalue weighted by Crippen LogP contribution is 2.08. The largest absolute Gasteiger partial charge is 0.331 e. The molecule has 0 aliphatic rings. The normalized spacial score (nSPS) is 9.64. The van der Waals surface area contributed by atoms with E-state index in [4.69, 9.17) is 5.84 Å². The van der Waals surface area contributed by atoms with E-state index in [1.807, 2.05) is 31.2 Å². The number of nitrogens with two attached hydrogens (primary N) is 1. The number of benzene rings is 1. The summed E-state index contributed by atoms with van der Waals surface area (Å²) in [6, 6.07) is 7.66. The average molecular weight is 193 g/mol. The van der Waals surface area contributed by atoms with Crippen molar-refractivity contribution in [2.45, 2.75) is 13.5 Å². The molecular weight excluding hydrogens is 178 g/mol. The molecule has 1 aromatic carbocycles. The van der Waals surface area contributed by atoms with Crippen molar-refractivity contribution >= 4 is 6.03 Å². The molecular formula is C10H15N3O. The van der Waals surface area contributed by atoms with Gasteiger partial charge in [0, 0.05) is 13.6 Å². The topological polar surface area (TPSA) is 58.4 Å². The summed E-state index contributed by atoms with van der Waals surface area (Å²) in [5.41, 5.74) is 4.39. The second-order valence-electron chi connectivity index (χ2n) is 3.23. The average Bonchev–Trinajstić information content (AvgIpc) is 2.20. The summed E-state index contributed by atoms with van der Waals surface area (Å²) in [6.07, 6.45) is 0. The standard InChI is InChI=1S/C10H15N3O/c1-8-5-3-4-6-9(8)7-13(2)10(14)12-11/h3-6H,7,11H2,1-2H3,(H,12,14). The Hall–Kier alpha value is -1.55. The molecule has 0 aliphatic heterocycles. The predicted molar refractivity (Wildman–Crippen MR) is 55.4 cm³/mol. The van der Waals surface area contributed by atoms with E-state index >= 15 is 0 Å². The van der Waals surface area contributed by atoms with Crippen molar-refractivity contribution in [1.29, 1.82) is 0 Å². The molecule has 2 amide bonds. The number of urea groups is 1. The van der Waals surface area contributed by atoms with Gasteiger partial charge in [0.15, 0.2) is 0 Å². The zero-order valence-electron chi connectivity index (χ0n) is 8.45. The van der Waals surface area contributed by atoms with Gasteiger partial charge in [0.05, 0.1) is 0 Å². The maximum atomic E-state index is 11.1. The van der Waals surface area contributed by atoms with Crippen LogP contribution in [0.3, 0.4) is 0 Å². The van der Waals surface area contributed by atoms with E-state index in [9.17, 15) is 4.79 Å². The fourth-order valence-corrected chi connectivity index (χ4v) is 1.23. The van der Waals surface area contributed by atoms with Gasteiger partial charge in [-0.1, -0.05) is 24.3 Å². The molecule has 0 heterocycles. The molecule has 1 aromatic rings. The smallest absolute Gasteiger partial charge is 0.322 e. The van der Waals surface area contributed by atoms with E-state index in [0.717, 1.165) is 5.56 Å². The van der Waals surface area contributed by atoms with Crippen LogP contribution >= 0.6 is 0 Å². The minimum absolute atomic E-state index is 0.284. The molecule has 14 heavy (non-hydrogen) atoms. The first-order chi connectivity index (χ1) is 6.65. The van der Waals surface area contributed by atoms with E-state index in [2.05, 4.69) is 5.43 Å². The van der Waals surface area contributed by atoms with Crippen LogP contribution in [0.1, 0.15) is 11.1 Å².